The van der Waals surface area contributed by atoms with E-state index in [4.69, 9.17) is 11.6 Å². The molecule has 1 heterocycles. The van der Waals surface area contributed by atoms with Crippen LogP contribution in [-0.2, 0) is 11.2 Å². The van der Waals surface area contributed by atoms with Crippen molar-refractivity contribution in [3.8, 4) is 0 Å². The lowest BCUT2D eigenvalue weighted by Crippen LogP contribution is -2.48. The van der Waals surface area contributed by atoms with E-state index in [1.54, 1.807) is 0 Å². The van der Waals surface area contributed by atoms with Gasteiger partial charge in [-0.2, -0.15) is 0 Å². The van der Waals surface area contributed by atoms with E-state index >= 15 is 0 Å². The maximum Gasteiger partial charge on any atom is 0.238 e. The number of aryl methyl sites for hydroxylation is 2. The molecule has 0 aliphatic carbocycles. The van der Waals surface area contributed by atoms with Gasteiger partial charge in [-0.15, -0.1) is 0 Å². The summed E-state index contributed by atoms with van der Waals surface area (Å²) in [7, 11) is 0. The quantitative estimate of drug-likeness (QED) is 0.840. The Balaban J connectivity index is 1.74. The van der Waals surface area contributed by atoms with Gasteiger partial charge in [-0.05, 0) is 36.1 Å². The molecule has 5 heteroatoms. The fraction of sp³-hybridized carbons (Fsp3) is 0.381. The largest absolute Gasteiger partial charge is 0.324 e. The minimum Gasteiger partial charge on any atom is -0.324 e. The highest BCUT2D eigenvalue weighted by atomic mass is 35.5. The van der Waals surface area contributed by atoms with Crippen molar-refractivity contribution in [3.05, 3.63) is 64.2 Å². The average molecular weight is 372 g/mol. The number of piperazine rings is 1. The second kappa shape index (κ2) is 8.67. The zero-order valence-corrected chi connectivity index (χ0v) is 16.1. The Kier molecular flexibility index (Phi) is 6.30. The summed E-state index contributed by atoms with van der Waals surface area (Å²) in [6, 6.07) is 14.1. The molecule has 2 aromatic rings. The van der Waals surface area contributed by atoms with Crippen molar-refractivity contribution in [2.24, 2.45) is 0 Å². The second-order valence-corrected chi connectivity index (χ2v) is 7.13. The van der Waals surface area contributed by atoms with Crippen LogP contribution < -0.4 is 10.6 Å². The molecular formula is C21H26ClN3O. The van der Waals surface area contributed by atoms with E-state index in [1.165, 1.54) is 5.56 Å². The Morgan fingerprint density at radius 1 is 1.27 bits per heavy atom. The van der Waals surface area contributed by atoms with Crippen molar-refractivity contribution in [1.29, 1.82) is 0 Å². The topological polar surface area (TPSA) is 44.4 Å². The summed E-state index contributed by atoms with van der Waals surface area (Å²) in [6.45, 7) is 6.98. The molecule has 4 nitrogen and oxygen atoms in total. The van der Waals surface area contributed by atoms with Crippen LogP contribution >= 0.6 is 11.6 Å². The monoisotopic (exact) mass is 371 g/mol. The van der Waals surface area contributed by atoms with Gasteiger partial charge in [-0.25, -0.2) is 0 Å². The Labute approximate surface area is 160 Å². The lowest BCUT2D eigenvalue weighted by atomic mass is 10.0. The van der Waals surface area contributed by atoms with Gasteiger partial charge in [0.25, 0.3) is 0 Å². The van der Waals surface area contributed by atoms with Crippen molar-refractivity contribution in [2.75, 3.05) is 31.5 Å². The van der Waals surface area contributed by atoms with Crippen LogP contribution in [0.2, 0.25) is 5.02 Å². The molecule has 1 amide bonds. The number of halogens is 1. The van der Waals surface area contributed by atoms with Crippen molar-refractivity contribution < 1.29 is 4.79 Å². The third-order valence-electron chi connectivity index (χ3n) is 4.97. The molecule has 0 spiro atoms. The number of carbonyl (C=O) groups excluding carboxylic acids is 1. The smallest absolute Gasteiger partial charge is 0.238 e. The molecule has 1 saturated heterocycles. The van der Waals surface area contributed by atoms with Gasteiger partial charge in [0.15, 0.2) is 0 Å². The van der Waals surface area contributed by atoms with E-state index in [1.807, 2.05) is 43.3 Å². The number of para-hydroxylation sites is 1. The highest BCUT2D eigenvalue weighted by Crippen LogP contribution is 2.28. The number of nitrogens with one attached hydrogen (secondary N) is 2. The Morgan fingerprint density at radius 3 is 2.85 bits per heavy atom. The van der Waals surface area contributed by atoms with Crippen molar-refractivity contribution in [3.63, 3.8) is 0 Å². The van der Waals surface area contributed by atoms with E-state index in [0.717, 1.165) is 47.9 Å². The van der Waals surface area contributed by atoms with E-state index in [9.17, 15) is 4.79 Å². The van der Waals surface area contributed by atoms with Gasteiger partial charge in [0.1, 0.15) is 0 Å². The van der Waals surface area contributed by atoms with Gasteiger partial charge in [-0.1, -0.05) is 54.9 Å². The molecule has 0 radical (unpaired) electrons. The van der Waals surface area contributed by atoms with Gasteiger partial charge in [0, 0.05) is 36.4 Å². The summed E-state index contributed by atoms with van der Waals surface area (Å²) < 4.78 is 0. The number of nitrogens with zero attached hydrogens (tertiary/aromatic N) is 1. The van der Waals surface area contributed by atoms with Crippen molar-refractivity contribution in [2.45, 2.75) is 26.3 Å². The van der Waals surface area contributed by atoms with Crippen LogP contribution in [0, 0.1) is 6.92 Å². The summed E-state index contributed by atoms with van der Waals surface area (Å²) in [5.74, 6) is 0.0213. The first-order chi connectivity index (χ1) is 12.6. The summed E-state index contributed by atoms with van der Waals surface area (Å²) >= 11 is 6.39. The number of hydrogen-bond acceptors (Lipinski definition) is 3. The van der Waals surface area contributed by atoms with E-state index in [0.29, 0.717) is 6.54 Å². The maximum absolute atomic E-state index is 12.8. The Morgan fingerprint density at radius 2 is 2.08 bits per heavy atom. The number of anilines is 1. The molecular weight excluding hydrogens is 346 g/mol. The summed E-state index contributed by atoms with van der Waals surface area (Å²) in [5.41, 5.74) is 4.28. The number of carbonyl (C=O) groups is 1. The van der Waals surface area contributed by atoms with Gasteiger partial charge >= 0.3 is 0 Å². The summed E-state index contributed by atoms with van der Waals surface area (Å²) in [4.78, 5) is 15.0. The lowest BCUT2D eigenvalue weighted by Gasteiger charge is -2.36. The van der Waals surface area contributed by atoms with Crippen LogP contribution in [0.5, 0.6) is 0 Å². The highest BCUT2D eigenvalue weighted by molar-refractivity contribution is 6.31. The minimum atomic E-state index is 0.0213. The molecule has 1 atom stereocenters. The molecule has 1 fully saturated rings. The molecule has 0 saturated carbocycles. The van der Waals surface area contributed by atoms with Crippen LogP contribution in [0.3, 0.4) is 0 Å². The Bertz CT molecular complexity index is 778. The van der Waals surface area contributed by atoms with Crippen LogP contribution in [0.4, 0.5) is 5.69 Å². The van der Waals surface area contributed by atoms with Crippen LogP contribution in [0.15, 0.2) is 42.5 Å². The van der Waals surface area contributed by atoms with Gasteiger partial charge < -0.3 is 10.6 Å². The van der Waals surface area contributed by atoms with Crippen LogP contribution in [-0.4, -0.2) is 37.0 Å². The molecule has 2 aromatic carbocycles. The van der Waals surface area contributed by atoms with Gasteiger partial charge in [-0.3, -0.25) is 9.69 Å². The van der Waals surface area contributed by atoms with Crippen molar-refractivity contribution >= 4 is 23.2 Å². The summed E-state index contributed by atoms with van der Waals surface area (Å²) in [5, 5.41) is 7.29. The molecule has 1 aliphatic rings. The highest BCUT2D eigenvalue weighted by Gasteiger charge is 2.27. The van der Waals surface area contributed by atoms with E-state index < -0.39 is 0 Å². The fourth-order valence-corrected chi connectivity index (χ4v) is 3.81. The molecule has 3 rings (SSSR count). The predicted octanol–water partition coefficient (Wildman–Crippen LogP) is 3.80. The number of hydrogen-bond donors (Lipinski definition) is 2. The standard InChI is InChI=1S/C21H26ClN3O/c1-3-16-8-6-7-15(2)21(16)24-20(26)14-25-12-11-23-13-19(25)17-9-4-5-10-18(17)22/h4-10,19,23H,3,11-14H2,1-2H3,(H,24,26). The molecule has 2 N–H and O–H groups in total. The first kappa shape index (κ1) is 18.9. The molecule has 0 bridgehead atoms. The normalized spacial score (nSPS) is 17.9. The molecule has 1 unspecified atom stereocenters. The average Bonchev–Trinajstić information content (AvgIpc) is 2.64. The van der Waals surface area contributed by atoms with E-state index in [-0.39, 0.29) is 11.9 Å². The van der Waals surface area contributed by atoms with Gasteiger partial charge in [0.05, 0.1) is 6.54 Å². The van der Waals surface area contributed by atoms with E-state index in [2.05, 4.69) is 28.5 Å². The molecule has 1 aliphatic heterocycles. The first-order valence-electron chi connectivity index (χ1n) is 9.17. The molecule has 26 heavy (non-hydrogen) atoms. The number of rotatable bonds is 5. The van der Waals surface area contributed by atoms with Crippen LogP contribution in [0.1, 0.15) is 29.7 Å². The van der Waals surface area contributed by atoms with Crippen molar-refractivity contribution in [1.82, 2.24) is 10.2 Å². The number of amides is 1. The third-order valence-corrected chi connectivity index (χ3v) is 5.31. The third kappa shape index (κ3) is 4.26. The first-order valence-corrected chi connectivity index (χ1v) is 9.55. The number of benzene rings is 2. The maximum atomic E-state index is 12.8. The summed E-state index contributed by atoms with van der Waals surface area (Å²) in [6.07, 6.45) is 0.896. The lowest BCUT2D eigenvalue weighted by molar-refractivity contribution is -0.118. The minimum absolute atomic E-state index is 0.0213. The predicted molar refractivity (Wildman–Crippen MR) is 108 cm³/mol. The SMILES string of the molecule is CCc1cccc(C)c1NC(=O)CN1CCNCC1c1ccccc1Cl. The second-order valence-electron chi connectivity index (χ2n) is 6.72. The molecule has 0 aromatic heterocycles. The fourth-order valence-electron chi connectivity index (χ4n) is 3.55. The molecule has 138 valence electrons. The van der Waals surface area contributed by atoms with Gasteiger partial charge in [0.2, 0.25) is 5.91 Å². The zero-order valence-electron chi connectivity index (χ0n) is 15.4. The van der Waals surface area contributed by atoms with Crippen LogP contribution in [0.25, 0.3) is 0 Å². The Hall–Kier alpha value is -1.88. The zero-order chi connectivity index (χ0) is 18.5.